The molecular weight excluding hydrogens is 408 g/mol. The third kappa shape index (κ3) is 3.56. The molecule has 0 saturated heterocycles. The number of aryl methyl sites for hydroxylation is 2. The van der Waals surface area contributed by atoms with Gasteiger partial charge in [-0.2, -0.15) is 20.4 Å². The predicted molar refractivity (Wildman–Crippen MR) is 118 cm³/mol. The van der Waals surface area contributed by atoms with E-state index in [2.05, 4.69) is 36.9 Å². The number of nitriles is 1. The minimum absolute atomic E-state index is 0.128. The van der Waals surface area contributed by atoms with Crippen LogP contribution in [-0.2, 0) is 14.1 Å². The number of methoxy groups -OCH3 is 1. The molecule has 4 aromatic heterocycles. The number of anilines is 3. The minimum atomic E-state index is 0.128. The molecule has 0 aliphatic heterocycles. The molecule has 162 valence electrons. The van der Waals surface area contributed by atoms with E-state index in [1.165, 1.54) is 0 Å². The number of hydrogen-bond donors (Lipinski definition) is 2. The third-order valence-corrected chi connectivity index (χ3v) is 5.59. The lowest BCUT2D eigenvalue weighted by Crippen LogP contribution is -2.34. The standard InChI is InChI=1S/C21H22N10O/c1-30-18(9-16(29-30)20-23-5-4-19(28-20)32-3)26-17-8-15(25-13-6-12(7-13)10-22)14-11-24-31(2)21(14)27-17/h4-5,8-9,11-13H,6-7H2,1-3H3,(H2,25,26,27). The molecule has 1 aliphatic carbocycles. The summed E-state index contributed by atoms with van der Waals surface area (Å²) in [4.78, 5) is 13.4. The number of aromatic nitrogens is 7. The molecule has 1 saturated carbocycles. The Morgan fingerprint density at radius 2 is 2.03 bits per heavy atom. The zero-order valence-corrected chi connectivity index (χ0v) is 17.9. The Balaban J connectivity index is 1.44. The molecule has 4 heterocycles. The van der Waals surface area contributed by atoms with E-state index in [4.69, 9.17) is 15.0 Å². The topological polar surface area (TPSA) is 131 Å². The normalized spacial score (nSPS) is 17.6. The lowest BCUT2D eigenvalue weighted by molar-refractivity contribution is 0.354. The zero-order valence-electron chi connectivity index (χ0n) is 17.9. The van der Waals surface area contributed by atoms with Crippen molar-refractivity contribution in [3.05, 3.63) is 30.6 Å². The van der Waals surface area contributed by atoms with Gasteiger partial charge in [-0.05, 0) is 12.8 Å². The van der Waals surface area contributed by atoms with Crippen LogP contribution < -0.4 is 15.4 Å². The highest BCUT2D eigenvalue weighted by Gasteiger charge is 2.29. The quantitative estimate of drug-likeness (QED) is 0.474. The summed E-state index contributed by atoms with van der Waals surface area (Å²) in [6.07, 6.45) is 5.12. The molecule has 32 heavy (non-hydrogen) atoms. The molecule has 0 unspecified atom stereocenters. The van der Waals surface area contributed by atoms with E-state index in [0.29, 0.717) is 23.2 Å². The Bertz CT molecular complexity index is 1330. The van der Waals surface area contributed by atoms with Crippen LogP contribution in [0.2, 0.25) is 0 Å². The summed E-state index contributed by atoms with van der Waals surface area (Å²) >= 11 is 0. The molecule has 1 aliphatic rings. The molecule has 5 rings (SSSR count). The third-order valence-electron chi connectivity index (χ3n) is 5.59. The van der Waals surface area contributed by atoms with Gasteiger partial charge in [0.1, 0.15) is 17.3 Å². The molecule has 0 spiro atoms. The van der Waals surface area contributed by atoms with E-state index in [1.807, 2.05) is 26.2 Å². The van der Waals surface area contributed by atoms with Gasteiger partial charge < -0.3 is 15.4 Å². The van der Waals surface area contributed by atoms with Gasteiger partial charge in [0.05, 0.1) is 36.4 Å². The fourth-order valence-electron chi connectivity index (χ4n) is 3.76. The second-order valence-corrected chi connectivity index (χ2v) is 7.79. The van der Waals surface area contributed by atoms with Crippen LogP contribution in [0.25, 0.3) is 22.6 Å². The number of nitrogens with one attached hydrogen (secondary N) is 2. The molecule has 0 bridgehead atoms. The van der Waals surface area contributed by atoms with Crippen LogP contribution >= 0.6 is 0 Å². The highest BCUT2D eigenvalue weighted by Crippen LogP contribution is 2.33. The maximum Gasteiger partial charge on any atom is 0.216 e. The first-order valence-electron chi connectivity index (χ1n) is 10.2. The molecule has 1 fully saturated rings. The van der Waals surface area contributed by atoms with Crippen LogP contribution in [0, 0.1) is 17.2 Å². The van der Waals surface area contributed by atoms with Crippen LogP contribution in [0.3, 0.4) is 0 Å². The maximum absolute atomic E-state index is 9.06. The summed E-state index contributed by atoms with van der Waals surface area (Å²) in [7, 11) is 5.26. The van der Waals surface area contributed by atoms with Gasteiger partial charge in [0.15, 0.2) is 11.5 Å². The summed E-state index contributed by atoms with van der Waals surface area (Å²) in [5.41, 5.74) is 2.31. The molecule has 0 amide bonds. The lowest BCUT2D eigenvalue weighted by Gasteiger charge is -2.32. The van der Waals surface area contributed by atoms with E-state index in [0.717, 1.165) is 35.4 Å². The fraction of sp³-hybridized carbons (Fsp3) is 0.333. The van der Waals surface area contributed by atoms with Crippen molar-refractivity contribution in [2.45, 2.75) is 18.9 Å². The highest BCUT2D eigenvalue weighted by atomic mass is 16.5. The average Bonchev–Trinajstić information content (AvgIpc) is 3.33. The van der Waals surface area contributed by atoms with Crippen LogP contribution in [-0.4, -0.2) is 47.7 Å². The Morgan fingerprint density at radius 3 is 2.81 bits per heavy atom. The summed E-state index contributed by atoms with van der Waals surface area (Å²) in [5.74, 6) is 2.47. The second kappa shape index (κ2) is 7.81. The first-order valence-corrected chi connectivity index (χ1v) is 10.2. The predicted octanol–water partition coefficient (Wildman–Crippen LogP) is 2.63. The number of fused-ring (bicyclic) bond motifs is 1. The Hall–Kier alpha value is -4.20. The Morgan fingerprint density at radius 1 is 1.19 bits per heavy atom. The van der Waals surface area contributed by atoms with Gasteiger partial charge in [-0.3, -0.25) is 9.36 Å². The average molecular weight is 430 g/mol. The van der Waals surface area contributed by atoms with Crippen LogP contribution in [0.4, 0.5) is 17.3 Å². The SMILES string of the molecule is COc1ccnc(-c2cc(Nc3cc(NC4CC(C#N)C4)c4cnn(C)c4n3)n(C)n2)n1. The van der Waals surface area contributed by atoms with Crippen molar-refractivity contribution in [2.75, 3.05) is 17.7 Å². The van der Waals surface area contributed by atoms with Gasteiger partial charge in [-0.15, -0.1) is 0 Å². The van der Waals surface area contributed by atoms with E-state index in [1.54, 1.807) is 34.9 Å². The van der Waals surface area contributed by atoms with Crippen molar-refractivity contribution in [3.63, 3.8) is 0 Å². The van der Waals surface area contributed by atoms with Gasteiger partial charge in [0.2, 0.25) is 5.88 Å². The summed E-state index contributed by atoms with van der Waals surface area (Å²) in [5, 5.41) is 25.7. The van der Waals surface area contributed by atoms with Gasteiger partial charge >= 0.3 is 0 Å². The lowest BCUT2D eigenvalue weighted by atomic mass is 9.81. The van der Waals surface area contributed by atoms with Gasteiger partial charge in [-0.25, -0.2) is 9.97 Å². The van der Waals surface area contributed by atoms with Crippen LogP contribution in [0.1, 0.15) is 12.8 Å². The molecule has 11 heteroatoms. The molecule has 0 aromatic carbocycles. The molecule has 0 radical (unpaired) electrons. The second-order valence-electron chi connectivity index (χ2n) is 7.79. The van der Waals surface area contributed by atoms with Crippen molar-refractivity contribution in [2.24, 2.45) is 20.0 Å². The minimum Gasteiger partial charge on any atom is -0.481 e. The van der Waals surface area contributed by atoms with E-state index >= 15 is 0 Å². The number of ether oxygens (including phenoxy) is 1. The molecule has 0 atom stereocenters. The first kappa shape index (κ1) is 19.7. The number of rotatable bonds is 6. The van der Waals surface area contributed by atoms with E-state index in [9.17, 15) is 0 Å². The summed E-state index contributed by atoms with van der Waals surface area (Å²) < 4.78 is 8.63. The van der Waals surface area contributed by atoms with E-state index < -0.39 is 0 Å². The van der Waals surface area contributed by atoms with Crippen molar-refractivity contribution >= 4 is 28.4 Å². The Kier molecular flexibility index (Phi) is 4.82. The van der Waals surface area contributed by atoms with Crippen LogP contribution in [0.5, 0.6) is 5.88 Å². The monoisotopic (exact) mass is 430 g/mol. The van der Waals surface area contributed by atoms with Crippen molar-refractivity contribution in [1.29, 1.82) is 5.26 Å². The smallest absolute Gasteiger partial charge is 0.216 e. The van der Waals surface area contributed by atoms with Gasteiger partial charge in [0.25, 0.3) is 0 Å². The largest absolute Gasteiger partial charge is 0.481 e. The number of nitrogens with zero attached hydrogens (tertiary/aromatic N) is 8. The first-order chi connectivity index (χ1) is 15.5. The molecule has 11 nitrogen and oxygen atoms in total. The molecular formula is C21H22N10O. The zero-order chi connectivity index (χ0) is 22.2. The molecule has 2 N–H and O–H groups in total. The fourth-order valence-corrected chi connectivity index (χ4v) is 3.76. The van der Waals surface area contributed by atoms with Crippen molar-refractivity contribution < 1.29 is 4.74 Å². The van der Waals surface area contributed by atoms with Crippen molar-refractivity contribution in [3.8, 4) is 23.5 Å². The number of pyridine rings is 1. The summed E-state index contributed by atoms with van der Waals surface area (Å²) in [6.45, 7) is 0. The van der Waals surface area contributed by atoms with E-state index in [-0.39, 0.29) is 12.0 Å². The Labute approximate surface area is 184 Å². The maximum atomic E-state index is 9.06. The van der Waals surface area contributed by atoms with Gasteiger partial charge in [-0.1, -0.05) is 0 Å². The van der Waals surface area contributed by atoms with Gasteiger partial charge in [0, 0.05) is 44.5 Å². The van der Waals surface area contributed by atoms with Crippen molar-refractivity contribution in [1.82, 2.24) is 34.5 Å². The number of hydrogen-bond acceptors (Lipinski definition) is 9. The summed E-state index contributed by atoms with van der Waals surface area (Å²) in [6, 6.07) is 8.10. The molecule has 4 aromatic rings. The highest BCUT2D eigenvalue weighted by molar-refractivity contribution is 5.91. The van der Waals surface area contributed by atoms with Crippen LogP contribution in [0.15, 0.2) is 30.6 Å².